The third-order valence-corrected chi connectivity index (χ3v) is 4.50. The highest BCUT2D eigenvalue weighted by Crippen LogP contribution is 2.19. The van der Waals surface area contributed by atoms with Crippen molar-refractivity contribution in [2.24, 2.45) is 17.0 Å². The average molecular weight is 307 g/mol. The lowest BCUT2D eigenvalue weighted by atomic mass is 9.95. The van der Waals surface area contributed by atoms with Crippen molar-refractivity contribution in [3.8, 4) is 0 Å². The Hall–Kier alpha value is -1.19. The van der Waals surface area contributed by atoms with Crippen LogP contribution in [0.3, 0.4) is 0 Å². The molecule has 1 atom stereocenters. The second kappa shape index (κ2) is 6.51. The predicted molar refractivity (Wildman–Crippen MR) is 71.8 cm³/mol. The Labute approximate surface area is 118 Å². The summed E-state index contributed by atoms with van der Waals surface area (Å²) in [5, 5.41) is 16.5. The van der Waals surface area contributed by atoms with E-state index in [0.717, 1.165) is 4.31 Å². The Morgan fingerprint density at radius 2 is 1.80 bits per heavy atom. The zero-order chi connectivity index (χ0) is 15.5. The number of rotatable bonds is 5. The number of carboxylic acid groups (broad SMARTS) is 1. The SMILES string of the molecule is CC(C)[C@H](NC(=O)C1CCN(S(N)(=O)=O)CC1)C(=O)O. The van der Waals surface area contributed by atoms with Crippen molar-refractivity contribution < 1.29 is 23.1 Å². The molecule has 0 aliphatic carbocycles. The van der Waals surface area contributed by atoms with Crippen molar-refractivity contribution in [3.05, 3.63) is 0 Å². The summed E-state index contributed by atoms with van der Waals surface area (Å²) in [7, 11) is -3.72. The van der Waals surface area contributed by atoms with Gasteiger partial charge in [0.05, 0.1) is 0 Å². The fraction of sp³-hybridized carbons (Fsp3) is 0.818. The minimum absolute atomic E-state index is 0.177. The van der Waals surface area contributed by atoms with Gasteiger partial charge in [0.2, 0.25) is 5.91 Å². The van der Waals surface area contributed by atoms with Crippen LogP contribution < -0.4 is 10.5 Å². The second-order valence-electron chi connectivity index (χ2n) is 5.29. The zero-order valence-corrected chi connectivity index (χ0v) is 12.4. The molecule has 0 aromatic heterocycles. The van der Waals surface area contributed by atoms with Crippen molar-refractivity contribution in [3.63, 3.8) is 0 Å². The van der Waals surface area contributed by atoms with E-state index in [9.17, 15) is 18.0 Å². The lowest BCUT2D eigenvalue weighted by molar-refractivity contribution is -0.144. The number of nitrogens with zero attached hydrogens (tertiary/aromatic N) is 1. The fourth-order valence-corrected chi connectivity index (χ4v) is 2.88. The van der Waals surface area contributed by atoms with Crippen LogP contribution in [0.15, 0.2) is 0 Å². The highest BCUT2D eigenvalue weighted by molar-refractivity contribution is 7.86. The molecule has 9 heteroatoms. The van der Waals surface area contributed by atoms with Crippen LogP contribution >= 0.6 is 0 Å². The molecule has 8 nitrogen and oxygen atoms in total. The van der Waals surface area contributed by atoms with E-state index in [1.165, 1.54) is 0 Å². The molecule has 4 N–H and O–H groups in total. The quantitative estimate of drug-likeness (QED) is 0.607. The first-order chi connectivity index (χ1) is 9.12. The van der Waals surface area contributed by atoms with Crippen LogP contribution in [0.1, 0.15) is 26.7 Å². The highest BCUT2D eigenvalue weighted by Gasteiger charge is 2.32. The van der Waals surface area contributed by atoms with Crippen molar-refractivity contribution in [1.29, 1.82) is 0 Å². The van der Waals surface area contributed by atoms with Gasteiger partial charge in [-0.2, -0.15) is 12.7 Å². The van der Waals surface area contributed by atoms with Gasteiger partial charge in [0.25, 0.3) is 10.2 Å². The average Bonchev–Trinajstić information content (AvgIpc) is 2.34. The number of carbonyl (C=O) groups is 2. The van der Waals surface area contributed by atoms with E-state index in [0.29, 0.717) is 12.8 Å². The van der Waals surface area contributed by atoms with Gasteiger partial charge in [-0.1, -0.05) is 13.8 Å². The number of nitrogens with two attached hydrogens (primary N) is 1. The summed E-state index contributed by atoms with van der Waals surface area (Å²) in [6.07, 6.45) is 0.680. The normalized spacial score (nSPS) is 19.8. The number of carboxylic acids is 1. The van der Waals surface area contributed by atoms with E-state index in [1.54, 1.807) is 13.8 Å². The van der Waals surface area contributed by atoms with Crippen molar-refractivity contribution >= 4 is 22.1 Å². The Bertz CT molecular complexity index is 468. The molecule has 1 rings (SSSR count). The Morgan fingerprint density at radius 1 is 1.30 bits per heavy atom. The smallest absolute Gasteiger partial charge is 0.326 e. The maximum absolute atomic E-state index is 12.0. The van der Waals surface area contributed by atoms with E-state index in [4.69, 9.17) is 10.2 Å². The maximum Gasteiger partial charge on any atom is 0.326 e. The summed E-state index contributed by atoms with van der Waals surface area (Å²) < 4.78 is 23.4. The van der Waals surface area contributed by atoms with Gasteiger partial charge in [0.1, 0.15) is 6.04 Å². The van der Waals surface area contributed by atoms with Crippen LogP contribution in [-0.4, -0.2) is 48.8 Å². The van der Waals surface area contributed by atoms with Gasteiger partial charge in [-0.15, -0.1) is 0 Å². The lowest BCUT2D eigenvalue weighted by Gasteiger charge is -2.30. The third-order valence-electron chi connectivity index (χ3n) is 3.42. The molecule has 116 valence electrons. The first-order valence-electron chi connectivity index (χ1n) is 6.44. The minimum atomic E-state index is -3.72. The number of nitrogens with one attached hydrogen (secondary N) is 1. The van der Waals surface area contributed by atoms with Crippen molar-refractivity contribution in [2.45, 2.75) is 32.7 Å². The second-order valence-corrected chi connectivity index (χ2v) is 6.83. The van der Waals surface area contributed by atoms with E-state index >= 15 is 0 Å². The van der Waals surface area contributed by atoms with Crippen molar-refractivity contribution in [1.82, 2.24) is 9.62 Å². The number of amides is 1. The molecule has 1 aliphatic heterocycles. The molecule has 0 saturated carbocycles. The van der Waals surface area contributed by atoms with Crippen LogP contribution in [-0.2, 0) is 19.8 Å². The molecular weight excluding hydrogens is 286 g/mol. The fourth-order valence-electron chi connectivity index (χ4n) is 2.16. The summed E-state index contributed by atoms with van der Waals surface area (Å²) in [4.78, 5) is 23.0. The monoisotopic (exact) mass is 307 g/mol. The van der Waals surface area contributed by atoms with Gasteiger partial charge in [-0.3, -0.25) is 4.79 Å². The van der Waals surface area contributed by atoms with Crippen LogP contribution in [0.4, 0.5) is 0 Å². The van der Waals surface area contributed by atoms with Gasteiger partial charge in [-0.25, -0.2) is 9.93 Å². The molecule has 0 aromatic rings. The van der Waals surface area contributed by atoms with Gasteiger partial charge in [0.15, 0.2) is 0 Å². The molecular formula is C11H21N3O5S. The largest absolute Gasteiger partial charge is 0.480 e. The Balaban J connectivity index is 2.57. The number of carbonyl (C=O) groups excluding carboxylic acids is 1. The zero-order valence-electron chi connectivity index (χ0n) is 11.6. The summed E-state index contributed by atoms with van der Waals surface area (Å²) in [5.74, 6) is -2.02. The molecule has 0 bridgehead atoms. The van der Waals surface area contributed by atoms with Crippen LogP contribution in [0.25, 0.3) is 0 Å². The number of hydrogen-bond donors (Lipinski definition) is 3. The predicted octanol–water partition coefficient (Wildman–Crippen LogP) is -0.873. The summed E-state index contributed by atoms with van der Waals surface area (Å²) >= 11 is 0. The van der Waals surface area contributed by atoms with E-state index < -0.39 is 22.2 Å². The molecule has 1 fully saturated rings. The lowest BCUT2D eigenvalue weighted by Crippen LogP contribution is -2.50. The molecule has 1 heterocycles. The molecule has 1 amide bonds. The standard InChI is InChI=1S/C11H21N3O5S/c1-7(2)9(11(16)17)13-10(15)8-3-5-14(6-4-8)20(12,18)19/h7-9H,3-6H2,1-2H3,(H,13,15)(H,16,17)(H2,12,18,19)/t9-/m0/s1. The van der Waals surface area contributed by atoms with Gasteiger partial charge in [-0.05, 0) is 18.8 Å². The molecule has 0 aromatic carbocycles. The molecule has 1 saturated heterocycles. The summed E-state index contributed by atoms with van der Waals surface area (Å²) in [5.41, 5.74) is 0. The van der Waals surface area contributed by atoms with E-state index in [-0.39, 0.29) is 30.8 Å². The summed E-state index contributed by atoms with van der Waals surface area (Å²) in [6.45, 7) is 3.78. The van der Waals surface area contributed by atoms with E-state index in [1.807, 2.05) is 0 Å². The molecule has 0 spiro atoms. The van der Waals surface area contributed by atoms with E-state index in [2.05, 4.69) is 5.32 Å². The topological polar surface area (TPSA) is 130 Å². The van der Waals surface area contributed by atoms with Gasteiger partial charge < -0.3 is 10.4 Å². The maximum atomic E-state index is 12.0. The molecule has 0 unspecified atom stereocenters. The van der Waals surface area contributed by atoms with Crippen LogP contribution in [0, 0.1) is 11.8 Å². The van der Waals surface area contributed by atoms with Crippen molar-refractivity contribution in [2.75, 3.05) is 13.1 Å². The first-order valence-corrected chi connectivity index (χ1v) is 7.94. The molecule has 20 heavy (non-hydrogen) atoms. The van der Waals surface area contributed by atoms with Crippen LogP contribution in [0.5, 0.6) is 0 Å². The summed E-state index contributed by atoms with van der Waals surface area (Å²) in [6, 6.07) is -0.932. The third kappa shape index (κ3) is 4.43. The Kier molecular flexibility index (Phi) is 5.49. The first kappa shape index (κ1) is 16.9. The number of hydrogen-bond acceptors (Lipinski definition) is 4. The van der Waals surface area contributed by atoms with Gasteiger partial charge in [0, 0.05) is 19.0 Å². The Morgan fingerprint density at radius 3 is 2.15 bits per heavy atom. The van der Waals surface area contributed by atoms with Gasteiger partial charge >= 0.3 is 5.97 Å². The number of aliphatic carboxylic acids is 1. The molecule has 0 radical (unpaired) electrons. The number of piperidine rings is 1. The van der Waals surface area contributed by atoms with Crippen LogP contribution in [0.2, 0.25) is 0 Å². The minimum Gasteiger partial charge on any atom is -0.480 e. The highest BCUT2D eigenvalue weighted by atomic mass is 32.2. The molecule has 1 aliphatic rings.